The fraction of sp³-hybridized carbons (Fsp3) is 0.571. The standard InChI is InChI=1S/C28H38N4O2S/c1-3-20-8-10-21(11-9-20)25-12-13-26(35-25)27(33)30(2)24-15-17-32(19-24)28(34)31-16-14-23(18-31)29-22-6-4-5-7-22/h8-13,22-24,29H,3-7,14-19H2,1-2H3/t23-,24+/m1/s1. The van der Waals surface area contributed by atoms with E-state index < -0.39 is 0 Å². The molecule has 0 spiro atoms. The van der Waals surface area contributed by atoms with E-state index in [1.807, 2.05) is 33.9 Å². The van der Waals surface area contributed by atoms with E-state index in [2.05, 4.69) is 36.5 Å². The molecule has 188 valence electrons. The summed E-state index contributed by atoms with van der Waals surface area (Å²) in [4.78, 5) is 34.1. The molecule has 0 radical (unpaired) electrons. The van der Waals surface area contributed by atoms with Gasteiger partial charge in [0.25, 0.3) is 5.91 Å². The second-order valence-corrected chi connectivity index (χ2v) is 11.5. The van der Waals surface area contributed by atoms with Gasteiger partial charge in [-0.25, -0.2) is 4.79 Å². The molecule has 3 amide bonds. The fourth-order valence-electron chi connectivity index (χ4n) is 5.78. The molecule has 2 atom stereocenters. The first-order valence-electron chi connectivity index (χ1n) is 13.3. The highest BCUT2D eigenvalue weighted by Crippen LogP contribution is 2.30. The van der Waals surface area contributed by atoms with E-state index >= 15 is 0 Å². The molecule has 0 unspecified atom stereocenters. The van der Waals surface area contributed by atoms with Gasteiger partial charge in [-0.2, -0.15) is 0 Å². The number of urea groups is 1. The first-order valence-corrected chi connectivity index (χ1v) is 14.1. The Morgan fingerprint density at radius 3 is 2.40 bits per heavy atom. The second kappa shape index (κ2) is 10.7. The number of benzene rings is 1. The van der Waals surface area contributed by atoms with E-state index in [-0.39, 0.29) is 18.0 Å². The Balaban J connectivity index is 1.14. The Kier molecular flexibility index (Phi) is 7.44. The summed E-state index contributed by atoms with van der Waals surface area (Å²) in [5.41, 5.74) is 2.47. The number of carbonyl (C=O) groups is 2. The largest absolute Gasteiger partial charge is 0.336 e. The summed E-state index contributed by atoms with van der Waals surface area (Å²) in [6.45, 7) is 5.13. The number of thiophene rings is 1. The molecule has 3 heterocycles. The zero-order valence-electron chi connectivity index (χ0n) is 21.0. The van der Waals surface area contributed by atoms with Crippen molar-refractivity contribution in [3.8, 4) is 10.4 Å². The molecule has 2 saturated heterocycles. The lowest BCUT2D eigenvalue weighted by atomic mass is 10.1. The number of hydrogen-bond acceptors (Lipinski definition) is 4. The first kappa shape index (κ1) is 24.3. The summed E-state index contributed by atoms with van der Waals surface area (Å²) in [5.74, 6) is 0.0488. The van der Waals surface area contributed by atoms with Crippen molar-refractivity contribution < 1.29 is 9.59 Å². The third kappa shape index (κ3) is 5.41. The molecule has 3 aliphatic rings. The van der Waals surface area contributed by atoms with Crippen LogP contribution in [0.25, 0.3) is 10.4 Å². The van der Waals surface area contributed by atoms with Crippen LogP contribution in [0, 0.1) is 0 Å². The van der Waals surface area contributed by atoms with Gasteiger partial charge >= 0.3 is 6.03 Å². The number of likely N-dealkylation sites (N-methyl/N-ethyl adjacent to an activating group) is 1. The van der Waals surface area contributed by atoms with E-state index in [0.717, 1.165) is 54.2 Å². The van der Waals surface area contributed by atoms with Crippen LogP contribution in [0.4, 0.5) is 4.79 Å². The molecular weight excluding hydrogens is 456 g/mol. The topological polar surface area (TPSA) is 55.9 Å². The van der Waals surface area contributed by atoms with Gasteiger partial charge in [0.05, 0.1) is 10.9 Å². The van der Waals surface area contributed by atoms with E-state index in [1.54, 1.807) is 11.3 Å². The van der Waals surface area contributed by atoms with E-state index in [4.69, 9.17) is 0 Å². The summed E-state index contributed by atoms with van der Waals surface area (Å²) in [6.07, 6.45) is 8.10. The lowest BCUT2D eigenvalue weighted by molar-refractivity contribution is 0.0740. The van der Waals surface area contributed by atoms with Crippen LogP contribution in [0.5, 0.6) is 0 Å². The van der Waals surface area contributed by atoms with Gasteiger partial charge < -0.3 is 20.0 Å². The van der Waals surface area contributed by atoms with Crippen molar-refractivity contribution in [3.63, 3.8) is 0 Å². The van der Waals surface area contributed by atoms with Gasteiger partial charge in [0.1, 0.15) is 0 Å². The Labute approximate surface area is 213 Å². The second-order valence-electron chi connectivity index (χ2n) is 10.4. The average Bonchev–Trinajstić information content (AvgIpc) is 3.70. The van der Waals surface area contributed by atoms with E-state index in [9.17, 15) is 9.59 Å². The molecule has 3 fully saturated rings. The molecular formula is C28H38N4O2S. The highest BCUT2D eigenvalue weighted by molar-refractivity contribution is 7.17. The summed E-state index contributed by atoms with van der Waals surface area (Å²) in [7, 11) is 1.88. The van der Waals surface area contributed by atoms with Crippen molar-refractivity contribution >= 4 is 23.3 Å². The number of nitrogens with zero attached hydrogens (tertiary/aromatic N) is 3. The monoisotopic (exact) mass is 494 g/mol. The van der Waals surface area contributed by atoms with Crippen LogP contribution in [0.15, 0.2) is 36.4 Å². The smallest absolute Gasteiger partial charge is 0.320 e. The Morgan fingerprint density at radius 1 is 0.943 bits per heavy atom. The normalized spacial score (nSPS) is 22.8. The molecule has 2 aliphatic heterocycles. The summed E-state index contributed by atoms with van der Waals surface area (Å²) < 4.78 is 0. The van der Waals surface area contributed by atoms with Crippen LogP contribution < -0.4 is 5.32 Å². The molecule has 35 heavy (non-hydrogen) atoms. The molecule has 6 nitrogen and oxygen atoms in total. The minimum Gasteiger partial charge on any atom is -0.336 e. The summed E-state index contributed by atoms with van der Waals surface area (Å²) >= 11 is 1.55. The van der Waals surface area contributed by atoms with Crippen molar-refractivity contribution in [2.24, 2.45) is 0 Å². The van der Waals surface area contributed by atoms with Crippen molar-refractivity contribution in [2.45, 2.75) is 70.0 Å². The predicted octanol–water partition coefficient (Wildman–Crippen LogP) is 4.85. The molecule has 0 bridgehead atoms. The van der Waals surface area contributed by atoms with Gasteiger partial charge in [-0.05, 0) is 55.4 Å². The average molecular weight is 495 g/mol. The minimum atomic E-state index is 0.0488. The van der Waals surface area contributed by atoms with Crippen LogP contribution in [0.1, 0.15) is 60.7 Å². The third-order valence-corrected chi connectivity index (χ3v) is 9.17. The van der Waals surface area contributed by atoms with Gasteiger partial charge in [0, 0.05) is 50.2 Å². The molecule has 1 aromatic heterocycles. The highest BCUT2D eigenvalue weighted by Gasteiger charge is 2.36. The maximum atomic E-state index is 13.2. The van der Waals surface area contributed by atoms with Crippen molar-refractivity contribution in [3.05, 3.63) is 46.8 Å². The molecule has 1 aliphatic carbocycles. The van der Waals surface area contributed by atoms with Gasteiger partial charge in [-0.15, -0.1) is 11.3 Å². The molecule has 5 rings (SSSR count). The molecule has 1 saturated carbocycles. The number of carbonyl (C=O) groups excluding carboxylic acids is 2. The number of rotatable bonds is 6. The lowest BCUT2D eigenvalue weighted by Gasteiger charge is -2.27. The first-order chi connectivity index (χ1) is 17.0. The SMILES string of the molecule is CCc1ccc(-c2ccc(C(=O)N(C)[C@H]3CCN(C(=O)N4CC[C@@H](NC5CCCC5)C4)C3)s2)cc1. The van der Waals surface area contributed by atoms with Crippen LogP contribution in [0.2, 0.25) is 0 Å². The van der Waals surface area contributed by atoms with Crippen LogP contribution in [0.3, 0.4) is 0 Å². The number of amides is 3. The number of hydrogen-bond donors (Lipinski definition) is 1. The maximum absolute atomic E-state index is 13.2. The van der Waals surface area contributed by atoms with Crippen molar-refractivity contribution in [1.29, 1.82) is 0 Å². The van der Waals surface area contributed by atoms with Crippen LogP contribution >= 0.6 is 11.3 Å². The minimum absolute atomic E-state index is 0.0488. The van der Waals surface area contributed by atoms with Crippen LogP contribution in [-0.4, -0.2) is 78.0 Å². The van der Waals surface area contributed by atoms with Gasteiger partial charge in [-0.1, -0.05) is 44.0 Å². The lowest BCUT2D eigenvalue weighted by Crippen LogP contribution is -2.45. The van der Waals surface area contributed by atoms with E-state index in [0.29, 0.717) is 18.6 Å². The summed E-state index contributed by atoms with van der Waals surface area (Å²) in [6, 6.07) is 13.8. The molecule has 1 aromatic carbocycles. The maximum Gasteiger partial charge on any atom is 0.320 e. The number of likely N-dealkylation sites (tertiary alicyclic amines) is 2. The Hall–Kier alpha value is -2.38. The zero-order valence-corrected chi connectivity index (χ0v) is 21.9. The molecule has 2 aromatic rings. The molecule has 1 N–H and O–H groups in total. The van der Waals surface area contributed by atoms with E-state index in [1.165, 1.54) is 31.2 Å². The molecule has 7 heteroatoms. The number of nitrogens with one attached hydrogen (secondary N) is 1. The Bertz CT molecular complexity index is 1030. The van der Waals surface area contributed by atoms with Gasteiger partial charge in [0.2, 0.25) is 0 Å². The summed E-state index contributed by atoms with van der Waals surface area (Å²) in [5, 5.41) is 3.77. The Morgan fingerprint density at radius 2 is 1.66 bits per heavy atom. The van der Waals surface area contributed by atoms with Crippen molar-refractivity contribution in [2.75, 3.05) is 33.2 Å². The van der Waals surface area contributed by atoms with Gasteiger partial charge in [-0.3, -0.25) is 4.79 Å². The highest BCUT2D eigenvalue weighted by atomic mass is 32.1. The fourth-order valence-corrected chi connectivity index (χ4v) is 6.77. The predicted molar refractivity (Wildman–Crippen MR) is 142 cm³/mol. The van der Waals surface area contributed by atoms with Crippen LogP contribution in [-0.2, 0) is 6.42 Å². The zero-order chi connectivity index (χ0) is 24.4. The number of aryl methyl sites for hydroxylation is 1. The van der Waals surface area contributed by atoms with Gasteiger partial charge in [0.15, 0.2) is 0 Å². The van der Waals surface area contributed by atoms with Crippen molar-refractivity contribution in [1.82, 2.24) is 20.0 Å². The third-order valence-electron chi connectivity index (χ3n) is 8.05. The quantitative estimate of drug-likeness (QED) is 0.625.